The molecule has 3 aliphatic rings. The molecule has 5 aromatic carbocycles. The largest absolute Gasteiger partial charge is 0.489 e. The van der Waals surface area contributed by atoms with E-state index in [1.165, 1.54) is 0 Å². The number of nitrogens with one attached hydrogen (secondary N) is 1. The van der Waals surface area contributed by atoms with E-state index in [-0.39, 0.29) is 38.5 Å². The minimum Gasteiger partial charge on any atom is -0.489 e. The molecule has 8 rings (SSSR count). The Morgan fingerprint density at radius 3 is 2.25 bits per heavy atom. The normalized spacial score (nSPS) is 18.6. The highest BCUT2D eigenvalue weighted by Crippen LogP contribution is 2.41. The molecule has 0 spiro atoms. The first-order valence-electron chi connectivity index (χ1n) is 19.2. The monoisotopic (exact) mass is 831 g/mol. The van der Waals surface area contributed by atoms with Crippen LogP contribution >= 0.6 is 23.2 Å². The van der Waals surface area contributed by atoms with Crippen LogP contribution in [0.2, 0.25) is 10.0 Å². The molecule has 5 aromatic rings. The highest BCUT2D eigenvalue weighted by Gasteiger charge is 2.40. The number of hydrogen-bond acceptors (Lipinski definition) is 8. The molecule has 1 saturated heterocycles. The van der Waals surface area contributed by atoms with Crippen LogP contribution < -0.4 is 19.5 Å². The van der Waals surface area contributed by atoms with Crippen molar-refractivity contribution >= 4 is 41.0 Å². The van der Waals surface area contributed by atoms with Gasteiger partial charge in [0.2, 0.25) is 11.8 Å². The number of amides is 2. The van der Waals surface area contributed by atoms with Gasteiger partial charge in [0.05, 0.1) is 34.2 Å². The standard InChI is InChI=1S/C46H39Cl2N3O8/c47-37-14-5-29(17-38(37)48)24-57-36-12-10-32(11-13-36)43-26-58-41-20-34-19-40(51(23-35(34)21-42(41)59-43)45(53)33-15-16-56-25-33)44(52)50-39(46(54)55)18-27-1-6-30(7-2-27)31-8-3-28(22-49)4-9-31/h1-14,17,20-21,33,39-40,43H,15-16,18-19,23-26H2,(H,50,52)(H,54,55)/t33?,39?,40-,43+/m0/s1. The molecule has 2 N–H and O–H groups in total. The lowest BCUT2D eigenvalue weighted by Gasteiger charge is -2.38. The van der Waals surface area contributed by atoms with Crippen molar-refractivity contribution in [1.29, 1.82) is 5.26 Å². The van der Waals surface area contributed by atoms with Gasteiger partial charge in [0, 0.05) is 26.0 Å². The number of ether oxygens (including phenoxy) is 4. The van der Waals surface area contributed by atoms with Gasteiger partial charge in [0.25, 0.3) is 0 Å². The van der Waals surface area contributed by atoms with Crippen LogP contribution in [0.25, 0.3) is 11.1 Å². The summed E-state index contributed by atoms with van der Waals surface area (Å²) in [7, 11) is 0. The quantitative estimate of drug-likeness (QED) is 0.137. The summed E-state index contributed by atoms with van der Waals surface area (Å²) in [4.78, 5) is 42.1. The van der Waals surface area contributed by atoms with Crippen molar-refractivity contribution in [1.82, 2.24) is 10.2 Å². The Balaban J connectivity index is 0.957. The van der Waals surface area contributed by atoms with Gasteiger partial charge < -0.3 is 34.3 Å². The smallest absolute Gasteiger partial charge is 0.326 e. The minimum atomic E-state index is -1.24. The van der Waals surface area contributed by atoms with E-state index in [0.29, 0.717) is 58.1 Å². The molecule has 13 heteroatoms. The summed E-state index contributed by atoms with van der Waals surface area (Å²) in [6.07, 6.45) is 0.335. The number of halogens is 2. The number of carbonyl (C=O) groups excluding carboxylic acids is 2. The molecule has 4 atom stereocenters. The van der Waals surface area contributed by atoms with Gasteiger partial charge in [-0.1, -0.05) is 77.8 Å². The Hall–Kier alpha value is -6.06. The number of fused-ring (bicyclic) bond motifs is 2. The predicted octanol–water partition coefficient (Wildman–Crippen LogP) is 7.73. The SMILES string of the molecule is N#Cc1ccc(-c2ccc(CC(NC(=O)[C@@H]3Cc4cc5c(cc4CN3C(=O)C3CCOC3)O[C@@H](c3ccc(OCc4ccc(Cl)c(Cl)c4)cc3)CO5)C(=O)O)cc2)cc1. The van der Waals surface area contributed by atoms with Crippen molar-refractivity contribution in [2.24, 2.45) is 5.92 Å². The fourth-order valence-electron chi connectivity index (χ4n) is 7.59. The van der Waals surface area contributed by atoms with Crippen molar-refractivity contribution in [3.05, 3.63) is 147 Å². The zero-order valence-electron chi connectivity index (χ0n) is 31.7. The van der Waals surface area contributed by atoms with E-state index in [2.05, 4.69) is 11.4 Å². The first-order chi connectivity index (χ1) is 28.6. The number of carbonyl (C=O) groups is 3. The van der Waals surface area contributed by atoms with Crippen molar-refractivity contribution in [3.8, 4) is 34.4 Å². The summed E-state index contributed by atoms with van der Waals surface area (Å²) in [5, 5.41) is 23.0. The van der Waals surface area contributed by atoms with Crippen LogP contribution in [0.4, 0.5) is 0 Å². The molecule has 2 amide bonds. The molecule has 0 radical (unpaired) electrons. The summed E-state index contributed by atoms with van der Waals surface area (Å²) in [5.74, 6) is -0.641. The van der Waals surface area contributed by atoms with E-state index in [1.807, 2.05) is 78.9 Å². The third-order valence-electron chi connectivity index (χ3n) is 10.9. The van der Waals surface area contributed by atoms with Crippen molar-refractivity contribution in [3.63, 3.8) is 0 Å². The number of rotatable bonds is 11. The van der Waals surface area contributed by atoms with E-state index < -0.39 is 36.0 Å². The molecule has 3 aliphatic heterocycles. The third-order valence-corrected chi connectivity index (χ3v) is 11.7. The Morgan fingerprint density at radius 1 is 0.864 bits per heavy atom. The third kappa shape index (κ3) is 9.00. The number of benzene rings is 5. The van der Waals surface area contributed by atoms with Crippen LogP contribution in [0.3, 0.4) is 0 Å². The molecule has 1 fully saturated rings. The number of nitriles is 1. The summed E-state index contributed by atoms with van der Waals surface area (Å²) in [6.45, 7) is 1.41. The number of carboxylic acid groups (broad SMARTS) is 1. The number of hydrogen-bond donors (Lipinski definition) is 2. The second-order valence-electron chi connectivity index (χ2n) is 14.8. The lowest BCUT2D eigenvalue weighted by Crippen LogP contribution is -2.57. The molecule has 3 heterocycles. The maximum atomic E-state index is 14.1. The van der Waals surface area contributed by atoms with Gasteiger partial charge in [0.15, 0.2) is 17.6 Å². The van der Waals surface area contributed by atoms with Gasteiger partial charge in [-0.2, -0.15) is 5.26 Å². The van der Waals surface area contributed by atoms with E-state index in [9.17, 15) is 19.5 Å². The van der Waals surface area contributed by atoms with E-state index in [1.54, 1.807) is 29.2 Å². The Morgan fingerprint density at radius 2 is 1.58 bits per heavy atom. The van der Waals surface area contributed by atoms with Crippen LogP contribution in [0.1, 0.15) is 45.9 Å². The van der Waals surface area contributed by atoms with Crippen LogP contribution in [-0.4, -0.2) is 59.7 Å². The summed E-state index contributed by atoms with van der Waals surface area (Å²) < 4.78 is 24.1. The number of carboxylic acids is 1. The molecule has 0 bridgehead atoms. The van der Waals surface area contributed by atoms with Crippen LogP contribution in [0, 0.1) is 17.2 Å². The topological polar surface area (TPSA) is 147 Å². The summed E-state index contributed by atoms with van der Waals surface area (Å²) in [6, 6.07) is 31.2. The average molecular weight is 833 g/mol. The van der Waals surface area contributed by atoms with Gasteiger partial charge in [-0.05, 0) is 93.9 Å². The van der Waals surface area contributed by atoms with Crippen LogP contribution in [0.5, 0.6) is 17.2 Å². The lowest BCUT2D eigenvalue weighted by atomic mass is 9.90. The fraction of sp³-hybridized carbons (Fsp3) is 0.261. The highest BCUT2D eigenvalue weighted by atomic mass is 35.5. The minimum absolute atomic E-state index is 0.0385. The number of aliphatic carboxylic acids is 1. The maximum absolute atomic E-state index is 14.1. The van der Waals surface area contributed by atoms with Crippen LogP contribution in [-0.2, 0) is 45.1 Å². The zero-order valence-corrected chi connectivity index (χ0v) is 33.2. The zero-order chi connectivity index (χ0) is 41.0. The number of nitrogens with zero attached hydrogens (tertiary/aromatic N) is 2. The van der Waals surface area contributed by atoms with Gasteiger partial charge in [-0.25, -0.2) is 4.79 Å². The fourth-order valence-corrected chi connectivity index (χ4v) is 7.91. The molecular formula is C46H39Cl2N3O8. The molecule has 11 nitrogen and oxygen atoms in total. The van der Waals surface area contributed by atoms with Gasteiger partial charge in [-0.15, -0.1) is 0 Å². The summed E-state index contributed by atoms with van der Waals surface area (Å²) in [5.41, 5.74) is 6.50. The molecule has 59 heavy (non-hydrogen) atoms. The first-order valence-corrected chi connectivity index (χ1v) is 20.0. The average Bonchev–Trinajstić information content (AvgIpc) is 3.81. The predicted molar refractivity (Wildman–Crippen MR) is 219 cm³/mol. The molecule has 300 valence electrons. The van der Waals surface area contributed by atoms with E-state index in [4.69, 9.17) is 47.4 Å². The van der Waals surface area contributed by atoms with Crippen molar-refractivity contribution in [2.75, 3.05) is 19.8 Å². The van der Waals surface area contributed by atoms with Gasteiger partial charge in [0.1, 0.15) is 31.0 Å². The van der Waals surface area contributed by atoms with Crippen molar-refractivity contribution in [2.45, 2.75) is 50.6 Å². The second kappa shape index (κ2) is 17.4. The van der Waals surface area contributed by atoms with E-state index in [0.717, 1.165) is 33.4 Å². The molecular weight excluding hydrogens is 793 g/mol. The molecule has 0 aliphatic carbocycles. The van der Waals surface area contributed by atoms with Crippen LogP contribution in [0.15, 0.2) is 103 Å². The molecule has 2 unspecified atom stereocenters. The Kier molecular flexibility index (Phi) is 11.7. The van der Waals surface area contributed by atoms with Gasteiger partial charge >= 0.3 is 5.97 Å². The molecule has 0 saturated carbocycles. The maximum Gasteiger partial charge on any atom is 0.326 e. The summed E-state index contributed by atoms with van der Waals surface area (Å²) >= 11 is 12.2. The van der Waals surface area contributed by atoms with Gasteiger partial charge in [-0.3, -0.25) is 9.59 Å². The second-order valence-corrected chi connectivity index (χ2v) is 15.6. The molecule has 0 aromatic heterocycles. The van der Waals surface area contributed by atoms with E-state index >= 15 is 0 Å². The highest BCUT2D eigenvalue weighted by molar-refractivity contribution is 6.42. The first kappa shape index (κ1) is 39.8. The van der Waals surface area contributed by atoms with Crippen molar-refractivity contribution < 1.29 is 38.4 Å². The Labute approximate surface area is 351 Å². The Bertz CT molecular complexity index is 2410. The lowest BCUT2D eigenvalue weighted by molar-refractivity contribution is -0.147.